The summed E-state index contributed by atoms with van der Waals surface area (Å²) in [7, 11) is 0. The first-order valence-corrected chi connectivity index (χ1v) is 6.05. The van der Waals surface area contributed by atoms with Crippen LogP contribution in [0, 0.1) is 5.92 Å². The summed E-state index contributed by atoms with van der Waals surface area (Å²) in [5, 5.41) is 0. The van der Waals surface area contributed by atoms with E-state index in [1.165, 1.54) is 0 Å². The number of rotatable bonds is 3. The van der Waals surface area contributed by atoms with Gasteiger partial charge in [0.25, 0.3) is 0 Å². The molecule has 3 heteroatoms. The van der Waals surface area contributed by atoms with Crippen LogP contribution in [-0.4, -0.2) is 22.5 Å². The van der Waals surface area contributed by atoms with Crippen LogP contribution in [0.4, 0.5) is 0 Å². The minimum atomic E-state index is -0.730. The predicted molar refractivity (Wildman–Crippen MR) is 65.2 cm³/mol. The number of carbonyl (C=O) groups excluding carboxylic acids is 1. The first-order chi connectivity index (χ1) is 7.02. The third-order valence-electron chi connectivity index (χ3n) is 3.69. The molecule has 16 heavy (non-hydrogen) atoms. The van der Waals surface area contributed by atoms with Gasteiger partial charge in [-0.15, -0.1) is 0 Å². The van der Waals surface area contributed by atoms with Gasteiger partial charge in [-0.25, -0.2) is 0 Å². The average molecular weight is 227 g/mol. The molecular formula is C13H25NO2. The molecule has 1 aliphatic heterocycles. The van der Waals surface area contributed by atoms with Crippen LogP contribution < -0.4 is 5.73 Å². The zero-order chi connectivity index (χ0) is 12.8. The van der Waals surface area contributed by atoms with Crippen molar-refractivity contribution in [1.82, 2.24) is 0 Å². The summed E-state index contributed by atoms with van der Waals surface area (Å²) >= 11 is 0. The zero-order valence-corrected chi connectivity index (χ0v) is 11.4. The van der Waals surface area contributed by atoms with Crippen molar-refractivity contribution in [1.29, 1.82) is 0 Å². The van der Waals surface area contributed by atoms with E-state index in [2.05, 4.69) is 0 Å². The van der Waals surface area contributed by atoms with Crippen molar-refractivity contribution in [3.05, 3.63) is 0 Å². The third-order valence-corrected chi connectivity index (χ3v) is 3.69. The van der Waals surface area contributed by atoms with E-state index in [1.54, 1.807) is 0 Å². The third kappa shape index (κ3) is 2.46. The monoisotopic (exact) mass is 227 g/mol. The van der Waals surface area contributed by atoms with Gasteiger partial charge < -0.3 is 10.5 Å². The van der Waals surface area contributed by atoms with Crippen molar-refractivity contribution in [3.63, 3.8) is 0 Å². The molecular weight excluding hydrogens is 202 g/mol. The number of Topliss-reactive ketones (excluding diaryl/α,β-unsaturated/α-hetero) is 1. The standard InChI is InChI=1S/C13H25NO2/c1-7-13(6,14)10(15)9-8-11(2,3)16-12(9,4)5/h9H,7-8,14H2,1-6H3. The molecule has 1 heterocycles. The van der Waals surface area contributed by atoms with Crippen LogP contribution in [0.5, 0.6) is 0 Å². The molecule has 3 nitrogen and oxygen atoms in total. The molecule has 1 saturated heterocycles. The molecule has 0 saturated carbocycles. The predicted octanol–water partition coefficient (Wildman–Crippen LogP) is 2.28. The van der Waals surface area contributed by atoms with E-state index >= 15 is 0 Å². The Morgan fingerprint density at radius 3 is 2.25 bits per heavy atom. The number of nitrogens with two attached hydrogens (primary N) is 1. The van der Waals surface area contributed by atoms with Gasteiger partial charge in [0.1, 0.15) is 0 Å². The highest BCUT2D eigenvalue weighted by molar-refractivity contribution is 5.91. The molecule has 0 aromatic rings. The average Bonchev–Trinajstić information content (AvgIpc) is 2.32. The lowest BCUT2D eigenvalue weighted by atomic mass is 9.76. The molecule has 0 aliphatic carbocycles. The zero-order valence-electron chi connectivity index (χ0n) is 11.4. The molecule has 94 valence electrons. The van der Waals surface area contributed by atoms with Gasteiger partial charge in [0.15, 0.2) is 5.78 Å². The Bertz CT molecular complexity index is 292. The van der Waals surface area contributed by atoms with Crippen LogP contribution in [0.25, 0.3) is 0 Å². The van der Waals surface area contributed by atoms with Crippen LogP contribution in [0.15, 0.2) is 0 Å². The lowest BCUT2D eigenvalue weighted by molar-refractivity contribution is -0.134. The van der Waals surface area contributed by atoms with Crippen molar-refractivity contribution in [2.75, 3.05) is 0 Å². The summed E-state index contributed by atoms with van der Waals surface area (Å²) in [6, 6.07) is 0. The van der Waals surface area contributed by atoms with E-state index in [4.69, 9.17) is 10.5 Å². The van der Waals surface area contributed by atoms with Crippen LogP contribution in [0.1, 0.15) is 54.4 Å². The van der Waals surface area contributed by atoms with Gasteiger partial charge >= 0.3 is 0 Å². The van der Waals surface area contributed by atoms with Gasteiger partial charge in [-0.3, -0.25) is 4.79 Å². The van der Waals surface area contributed by atoms with Gasteiger partial charge in [0, 0.05) is 0 Å². The normalized spacial score (nSPS) is 31.1. The molecule has 0 aromatic carbocycles. The number of hydrogen-bond acceptors (Lipinski definition) is 3. The van der Waals surface area contributed by atoms with Gasteiger partial charge in [-0.05, 0) is 47.5 Å². The highest BCUT2D eigenvalue weighted by atomic mass is 16.5. The summed E-state index contributed by atoms with van der Waals surface area (Å²) in [6.45, 7) is 11.8. The molecule has 2 unspecified atom stereocenters. The molecule has 2 N–H and O–H groups in total. The van der Waals surface area contributed by atoms with Crippen molar-refractivity contribution >= 4 is 5.78 Å². The van der Waals surface area contributed by atoms with E-state index in [0.29, 0.717) is 6.42 Å². The van der Waals surface area contributed by atoms with Crippen LogP contribution in [0.3, 0.4) is 0 Å². The summed E-state index contributed by atoms with van der Waals surface area (Å²) in [6.07, 6.45) is 1.42. The first kappa shape index (κ1) is 13.7. The minimum Gasteiger partial charge on any atom is -0.369 e. The Balaban J connectivity index is 2.94. The fraction of sp³-hybridized carbons (Fsp3) is 0.923. The maximum absolute atomic E-state index is 12.4. The van der Waals surface area contributed by atoms with Crippen molar-refractivity contribution in [3.8, 4) is 0 Å². The van der Waals surface area contributed by atoms with Crippen LogP contribution in [0.2, 0.25) is 0 Å². The SMILES string of the molecule is CCC(C)(N)C(=O)C1CC(C)(C)OC1(C)C. The maximum atomic E-state index is 12.4. The highest BCUT2D eigenvalue weighted by Gasteiger charge is 2.51. The summed E-state index contributed by atoms with van der Waals surface area (Å²) in [5.74, 6) is 0.0306. The van der Waals surface area contributed by atoms with Gasteiger partial charge in [-0.1, -0.05) is 6.92 Å². The van der Waals surface area contributed by atoms with Crippen molar-refractivity contribution in [2.45, 2.75) is 71.1 Å². The quantitative estimate of drug-likeness (QED) is 0.804. The number of ketones is 1. The van der Waals surface area contributed by atoms with Crippen molar-refractivity contribution in [2.24, 2.45) is 11.7 Å². The Kier molecular flexibility index (Phi) is 3.25. The second kappa shape index (κ2) is 3.81. The highest BCUT2D eigenvalue weighted by Crippen LogP contribution is 2.43. The van der Waals surface area contributed by atoms with Crippen molar-refractivity contribution < 1.29 is 9.53 Å². The Morgan fingerprint density at radius 1 is 1.44 bits per heavy atom. The summed E-state index contributed by atoms with van der Waals surface area (Å²) < 4.78 is 5.93. The molecule has 0 bridgehead atoms. The molecule has 0 aromatic heterocycles. The van der Waals surface area contributed by atoms with E-state index in [1.807, 2.05) is 41.5 Å². The van der Waals surface area contributed by atoms with E-state index in [0.717, 1.165) is 6.42 Å². The number of carbonyl (C=O) groups is 1. The van der Waals surface area contributed by atoms with Gasteiger partial charge in [-0.2, -0.15) is 0 Å². The molecule has 0 amide bonds. The van der Waals surface area contributed by atoms with E-state index in [-0.39, 0.29) is 17.3 Å². The second-order valence-corrected chi connectivity index (χ2v) is 6.36. The lowest BCUT2D eigenvalue weighted by Gasteiger charge is -2.31. The fourth-order valence-corrected chi connectivity index (χ4v) is 2.54. The van der Waals surface area contributed by atoms with Gasteiger partial charge in [0.05, 0.1) is 22.7 Å². The molecule has 1 fully saturated rings. The molecule has 0 spiro atoms. The minimum absolute atomic E-state index is 0.0996. The summed E-state index contributed by atoms with van der Waals surface area (Å²) in [4.78, 5) is 12.4. The lowest BCUT2D eigenvalue weighted by Crippen LogP contribution is -2.51. The number of ether oxygens (including phenoxy) is 1. The second-order valence-electron chi connectivity index (χ2n) is 6.36. The molecule has 2 atom stereocenters. The van der Waals surface area contributed by atoms with E-state index < -0.39 is 11.1 Å². The molecule has 1 rings (SSSR count). The number of hydrogen-bond donors (Lipinski definition) is 1. The summed E-state index contributed by atoms with van der Waals surface area (Å²) in [5.41, 5.74) is 4.68. The maximum Gasteiger partial charge on any atom is 0.158 e. The first-order valence-electron chi connectivity index (χ1n) is 6.05. The van der Waals surface area contributed by atoms with Gasteiger partial charge in [0.2, 0.25) is 0 Å². The van der Waals surface area contributed by atoms with Crippen LogP contribution in [-0.2, 0) is 9.53 Å². The smallest absolute Gasteiger partial charge is 0.158 e. The Hall–Kier alpha value is -0.410. The molecule has 1 aliphatic rings. The Morgan fingerprint density at radius 2 is 1.94 bits per heavy atom. The van der Waals surface area contributed by atoms with Crippen LogP contribution >= 0.6 is 0 Å². The Labute approximate surface area is 98.7 Å². The molecule has 0 radical (unpaired) electrons. The fourth-order valence-electron chi connectivity index (χ4n) is 2.54. The topological polar surface area (TPSA) is 52.3 Å². The largest absolute Gasteiger partial charge is 0.369 e. The van der Waals surface area contributed by atoms with E-state index in [9.17, 15) is 4.79 Å².